The number of carboxylic acids is 1. The van der Waals surface area contributed by atoms with Gasteiger partial charge in [-0.15, -0.1) is 0 Å². The number of aliphatic carboxylic acids is 1. The molecule has 1 aromatic rings. The first-order chi connectivity index (χ1) is 10.0. The zero-order chi connectivity index (χ0) is 15.4. The molecule has 1 aliphatic heterocycles. The number of anilines is 1. The Kier molecular flexibility index (Phi) is 4.54. The number of hydrogen-bond donors (Lipinski definition) is 3. The fourth-order valence-corrected chi connectivity index (χ4v) is 2.09. The molecule has 0 fully saturated rings. The lowest BCUT2D eigenvalue weighted by Crippen LogP contribution is -2.41. The molecule has 112 valence electrons. The van der Waals surface area contributed by atoms with Crippen molar-refractivity contribution in [1.82, 2.24) is 5.32 Å². The fraction of sp³-hybridized carbons (Fsp3) is 0.357. The highest BCUT2D eigenvalue weighted by atomic mass is 16.5. The Morgan fingerprint density at radius 2 is 2.24 bits per heavy atom. The van der Waals surface area contributed by atoms with Crippen molar-refractivity contribution in [1.29, 1.82) is 0 Å². The molecule has 1 aliphatic rings. The topological polar surface area (TPSA) is 105 Å². The Bertz CT molecular complexity index is 585. The van der Waals surface area contributed by atoms with Crippen LogP contribution in [0.15, 0.2) is 18.2 Å². The maximum absolute atomic E-state index is 12.1. The van der Waals surface area contributed by atoms with Crippen LogP contribution in [0.25, 0.3) is 0 Å². The van der Waals surface area contributed by atoms with E-state index in [1.165, 1.54) is 7.11 Å². The van der Waals surface area contributed by atoms with Crippen LogP contribution in [0.2, 0.25) is 0 Å². The summed E-state index contributed by atoms with van der Waals surface area (Å²) in [7, 11) is 1.46. The van der Waals surface area contributed by atoms with Crippen LogP contribution in [-0.4, -0.2) is 42.6 Å². The van der Waals surface area contributed by atoms with E-state index in [9.17, 15) is 14.4 Å². The van der Waals surface area contributed by atoms with E-state index in [0.717, 1.165) is 5.56 Å². The molecule has 0 aromatic heterocycles. The van der Waals surface area contributed by atoms with E-state index in [2.05, 4.69) is 10.6 Å². The molecular formula is C14H16N2O5. The standard InChI is InChI=1S/C14H16N2O5/c1-21-5-4-10(14(19)20)16-13(18)9-3-2-8-7-12(17)15-11(8)6-9/h2-3,6,10H,4-5,7H2,1H3,(H,15,17)(H,16,18)(H,19,20). The minimum Gasteiger partial charge on any atom is -0.480 e. The number of rotatable bonds is 6. The molecule has 2 amide bonds. The third-order valence-corrected chi connectivity index (χ3v) is 3.21. The Labute approximate surface area is 121 Å². The Morgan fingerprint density at radius 1 is 1.48 bits per heavy atom. The Balaban J connectivity index is 2.07. The highest BCUT2D eigenvalue weighted by molar-refractivity contribution is 6.02. The number of amides is 2. The monoisotopic (exact) mass is 292 g/mol. The molecule has 0 spiro atoms. The lowest BCUT2D eigenvalue weighted by Gasteiger charge is -2.14. The third-order valence-electron chi connectivity index (χ3n) is 3.21. The van der Waals surface area contributed by atoms with Crippen LogP contribution < -0.4 is 10.6 Å². The van der Waals surface area contributed by atoms with Crippen molar-refractivity contribution >= 4 is 23.5 Å². The van der Waals surface area contributed by atoms with Gasteiger partial charge in [-0.3, -0.25) is 9.59 Å². The number of carbonyl (C=O) groups excluding carboxylic acids is 2. The van der Waals surface area contributed by atoms with Gasteiger partial charge in [0.05, 0.1) is 6.42 Å². The summed E-state index contributed by atoms with van der Waals surface area (Å²) in [4.78, 5) is 34.4. The van der Waals surface area contributed by atoms with Gasteiger partial charge in [-0.2, -0.15) is 0 Å². The number of ether oxygens (including phenoxy) is 1. The molecule has 3 N–H and O–H groups in total. The molecule has 21 heavy (non-hydrogen) atoms. The summed E-state index contributed by atoms with van der Waals surface area (Å²) < 4.78 is 4.82. The number of benzene rings is 1. The summed E-state index contributed by atoms with van der Waals surface area (Å²) >= 11 is 0. The smallest absolute Gasteiger partial charge is 0.326 e. The summed E-state index contributed by atoms with van der Waals surface area (Å²) in [5, 5.41) is 14.1. The molecule has 7 heteroatoms. The van der Waals surface area contributed by atoms with E-state index in [0.29, 0.717) is 17.7 Å². The first-order valence-electron chi connectivity index (χ1n) is 6.46. The first-order valence-corrected chi connectivity index (χ1v) is 6.46. The highest BCUT2D eigenvalue weighted by Crippen LogP contribution is 2.24. The van der Waals surface area contributed by atoms with Gasteiger partial charge in [0.1, 0.15) is 6.04 Å². The molecule has 1 aromatic carbocycles. The van der Waals surface area contributed by atoms with Gasteiger partial charge < -0.3 is 20.5 Å². The first kappa shape index (κ1) is 15.0. The van der Waals surface area contributed by atoms with Gasteiger partial charge >= 0.3 is 5.97 Å². The number of methoxy groups -OCH3 is 1. The predicted octanol–water partition coefficient (Wildman–Crippen LogP) is 0.401. The van der Waals surface area contributed by atoms with Crippen molar-refractivity contribution in [3.05, 3.63) is 29.3 Å². The van der Waals surface area contributed by atoms with E-state index in [-0.39, 0.29) is 18.9 Å². The summed E-state index contributed by atoms with van der Waals surface area (Å²) in [5.41, 5.74) is 1.72. The molecule has 1 atom stereocenters. The normalized spacial score (nSPS) is 14.2. The largest absolute Gasteiger partial charge is 0.480 e. The van der Waals surface area contributed by atoms with Gasteiger partial charge in [-0.1, -0.05) is 6.07 Å². The van der Waals surface area contributed by atoms with Gasteiger partial charge in [-0.25, -0.2) is 4.79 Å². The molecule has 7 nitrogen and oxygen atoms in total. The highest BCUT2D eigenvalue weighted by Gasteiger charge is 2.22. The van der Waals surface area contributed by atoms with E-state index >= 15 is 0 Å². The second kappa shape index (κ2) is 6.36. The average molecular weight is 292 g/mol. The van der Waals surface area contributed by atoms with Crippen molar-refractivity contribution in [2.45, 2.75) is 18.9 Å². The molecule has 2 rings (SSSR count). The summed E-state index contributed by atoms with van der Waals surface area (Å²) in [6, 6.07) is 3.79. The number of fused-ring (bicyclic) bond motifs is 1. The molecule has 0 radical (unpaired) electrons. The van der Waals surface area contributed by atoms with Crippen molar-refractivity contribution in [3.8, 4) is 0 Å². The van der Waals surface area contributed by atoms with E-state index in [1.807, 2.05) is 0 Å². The van der Waals surface area contributed by atoms with Crippen molar-refractivity contribution < 1.29 is 24.2 Å². The van der Waals surface area contributed by atoms with Crippen LogP contribution in [-0.2, 0) is 20.7 Å². The minimum absolute atomic E-state index is 0.119. The Morgan fingerprint density at radius 3 is 2.90 bits per heavy atom. The second-order valence-corrected chi connectivity index (χ2v) is 4.74. The predicted molar refractivity (Wildman–Crippen MR) is 74.2 cm³/mol. The van der Waals surface area contributed by atoms with Gasteiger partial charge in [0.25, 0.3) is 5.91 Å². The molecule has 0 saturated carbocycles. The van der Waals surface area contributed by atoms with Crippen LogP contribution in [0, 0.1) is 0 Å². The molecule has 0 bridgehead atoms. The van der Waals surface area contributed by atoms with Gasteiger partial charge in [0.15, 0.2) is 0 Å². The maximum Gasteiger partial charge on any atom is 0.326 e. The lowest BCUT2D eigenvalue weighted by molar-refractivity contribution is -0.139. The second-order valence-electron chi connectivity index (χ2n) is 4.74. The summed E-state index contributed by atoms with van der Waals surface area (Å²) in [6.45, 7) is 0.234. The number of carboxylic acid groups (broad SMARTS) is 1. The van der Waals surface area contributed by atoms with E-state index in [1.54, 1.807) is 18.2 Å². The van der Waals surface area contributed by atoms with E-state index in [4.69, 9.17) is 9.84 Å². The average Bonchev–Trinajstić information content (AvgIpc) is 2.81. The van der Waals surface area contributed by atoms with Gasteiger partial charge in [-0.05, 0) is 17.7 Å². The van der Waals surface area contributed by atoms with Crippen molar-refractivity contribution in [3.63, 3.8) is 0 Å². The maximum atomic E-state index is 12.1. The quantitative estimate of drug-likeness (QED) is 0.704. The molecule has 0 aliphatic carbocycles. The number of carbonyl (C=O) groups is 3. The van der Waals surface area contributed by atoms with Crippen LogP contribution in [0.4, 0.5) is 5.69 Å². The number of hydrogen-bond acceptors (Lipinski definition) is 4. The van der Waals surface area contributed by atoms with Crippen LogP contribution >= 0.6 is 0 Å². The van der Waals surface area contributed by atoms with Crippen LogP contribution in [0.3, 0.4) is 0 Å². The van der Waals surface area contributed by atoms with Gasteiger partial charge in [0, 0.05) is 31.4 Å². The summed E-state index contributed by atoms with van der Waals surface area (Å²) in [5.74, 6) is -1.73. The lowest BCUT2D eigenvalue weighted by atomic mass is 10.1. The van der Waals surface area contributed by atoms with Crippen LogP contribution in [0.1, 0.15) is 22.3 Å². The van der Waals surface area contributed by atoms with Crippen LogP contribution in [0.5, 0.6) is 0 Å². The molecule has 1 unspecified atom stereocenters. The SMILES string of the molecule is COCCC(NC(=O)c1ccc2c(c1)NC(=O)C2)C(=O)O. The van der Waals surface area contributed by atoms with E-state index < -0.39 is 17.9 Å². The third kappa shape index (κ3) is 3.57. The molecule has 0 saturated heterocycles. The zero-order valence-corrected chi connectivity index (χ0v) is 11.5. The van der Waals surface area contributed by atoms with Crippen molar-refractivity contribution in [2.24, 2.45) is 0 Å². The summed E-state index contributed by atoms with van der Waals surface area (Å²) in [6.07, 6.45) is 0.474. The Hall–Kier alpha value is -2.41. The number of nitrogens with one attached hydrogen (secondary N) is 2. The van der Waals surface area contributed by atoms with Gasteiger partial charge in [0.2, 0.25) is 5.91 Å². The van der Waals surface area contributed by atoms with Crippen molar-refractivity contribution in [2.75, 3.05) is 19.0 Å². The minimum atomic E-state index is -1.12. The molecular weight excluding hydrogens is 276 g/mol. The zero-order valence-electron chi connectivity index (χ0n) is 11.5. The fourth-order valence-electron chi connectivity index (χ4n) is 2.09. The molecule has 1 heterocycles.